The zero-order chi connectivity index (χ0) is 15.3. The second-order valence-electron chi connectivity index (χ2n) is 5.67. The quantitative estimate of drug-likeness (QED) is 0.842. The molecule has 21 heavy (non-hydrogen) atoms. The van der Waals surface area contributed by atoms with Crippen molar-refractivity contribution in [3.63, 3.8) is 0 Å². The van der Waals surface area contributed by atoms with Gasteiger partial charge in [0.2, 0.25) is 10.0 Å². The van der Waals surface area contributed by atoms with Crippen LogP contribution in [-0.2, 0) is 22.3 Å². The van der Waals surface area contributed by atoms with E-state index >= 15 is 0 Å². The molecule has 1 aromatic rings. The van der Waals surface area contributed by atoms with Gasteiger partial charge in [0.15, 0.2) is 0 Å². The maximum atomic E-state index is 12.5. The second kappa shape index (κ2) is 7.38. The van der Waals surface area contributed by atoms with E-state index in [1.54, 1.807) is 4.31 Å². The smallest absolute Gasteiger partial charge is 0.218 e. The molecule has 1 fully saturated rings. The van der Waals surface area contributed by atoms with E-state index in [0.29, 0.717) is 6.54 Å². The van der Waals surface area contributed by atoms with Gasteiger partial charge in [0.1, 0.15) is 0 Å². The van der Waals surface area contributed by atoms with E-state index < -0.39 is 10.0 Å². The molecule has 0 radical (unpaired) electrons. The lowest BCUT2D eigenvalue weighted by Crippen LogP contribution is -2.35. The summed E-state index contributed by atoms with van der Waals surface area (Å²) in [5.41, 5.74) is 2.06. The van der Waals surface area contributed by atoms with Gasteiger partial charge in [-0.05, 0) is 36.9 Å². The van der Waals surface area contributed by atoms with Crippen LogP contribution in [0.4, 0.5) is 0 Å². The minimum Gasteiger partial charge on any atom is -0.313 e. The number of rotatable bonds is 7. The molecule has 0 amide bonds. The highest BCUT2D eigenvalue weighted by Gasteiger charge is 2.32. The van der Waals surface area contributed by atoms with E-state index in [-0.39, 0.29) is 11.8 Å². The van der Waals surface area contributed by atoms with Crippen molar-refractivity contribution < 1.29 is 8.42 Å². The summed E-state index contributed by atoms with van der Waals surface area (Å²) < 4.78 is 26.8. The van der Waals surface area contributed by atoms with E-state index in [9.17, 15) is 8.42 Å². The number of sulfonamides is 1. The Hall–Kier alpha value is -0.910. The third-order valence-electron chi connectivity index (χ3n) is 4.10. The summed E-state index contributed by atoms with van der Waals surface area (Å²) in [6.07, 6.45) is 2.89. The van der Waals surface area contributed by atoms with E-state index in [2.05, 4.69) is 19.2 Å². The average molecular weight is 310 g/mol. The summed E-state index contributed by atoms with van der Waals surface area (Å²) in [6, 6.07) is 8.08. The van der Waals surface area contributed by atoms with Gasteiger partial charge in [-0.25, -0.2) is 8.42 Å². The van der Waals surface area contributed by atoms with Crippen LogP contribution >= 0.6 is 0 Å². The first-order valence-electron chi connectivity index (χ1n) is 7.85. The minimum atomic E-state index is -3.19. The maximum absolute atomic E-state index is 12.5. The minimum absolute atomic E-state index is 0.116. The monoisotopic (exact) mass is 310 g/mol. The number of nitrogens with zero attached hydrogens (tertiary/aromatic N) is 1. The van der Waals surface area contributed by atoms with Crippen molar-refractivity contribution in [1.29, 1.82) is 0 Å². The predicted octanol–water partition coefficient (Wildman–Crippen LogP) is 2.50. The summed E-state index contributed by atoms with van der Waals surface area (Å²) in [4.78, 5) is 0. The third kappa shape index (κ3) is 4.28. The first-order chi connectivity index (χ1) is 10.1. The Bertz CT molecular complexity index is 540. The van der Waals surface area contributed by atoms with Crippen molar-refractivity contribution in [2.75, 3.05) is 13.1 Å². The Morgan fingerprint density at radius 1 is 1.19 bits per heavy atom. The standard InChI is InChI=1S/C16H26N2O2S/c1-3-16-6-5-11-18(16)21(19,20)13-15-9-7-14(8-10-15)12-17-4-2/h7-10,16-17H,3-6,11-13H2,1-2H3. The third-order valence-corrected chi connectivity index (χ3v) is 6.00. The lowest BCUT2D eigenvalue weighted by Gasteiger charge is -2.23. The molecule has 118 valence electrons. The number of nitrogens with one attached hydrogen (secondary N) is 1. The Kier molecular flexibility index (Phi) is 5.79. The fourth-order valence-corrected chi connectivity index (χ4v) is 4.80. The van der Waals surface area contributed by atoms with Gasteiger partial charge in [-0.3, -0.25) is 0 Å². The van der Waals surface area contributed by atoms with Crippen LogP contribution in [0.25, 0.3) is 0 Å². The summed E-state index contributed by atoms with van der Waals surface area (Å²) in [7, 11) is -3.19. The summed E-state index contributed by atoms with van der Waals surface area (Å²) >= 11 is 0. The van der Waals surface area contributed by atoms with Crippen molar-refractivity contribution in [2.45, 2.75) is 51.4 Å². The van der Waals surface area contributed by atoms with Crippen LogP contribution in [0.3, 0.4) is 0 Å². The Morgan fingerprint density at radius 2 is 1.86 bits per heavy atom. The molecule has 1 unspecified atom stereocenters. The molecule has 1 aromatic carbocycles. The van der Waals surface area contributed by atoms with Crippen molar-refractivity contribution in [1.82, 2.24) is 9.62 Å². The van der Waals surface area contributed by atoms with Crippen LogP contribution in [-0.4, -0.2) is 31.9 Å². The molecule has 1 atom stereocenters. The lowest BCUT2D eigenvalue weighted by atomic mass is 10.1. The molecule has 1 saturated heterocycles. The van der Waals surface area contributed by atoms with Gasteiger partial charge in [-0.1, -0.05) is 38.1 Å². The molecule has 0 bridgehead atoms. The molecule has 1 N–H and O–H groups in total. The zero-order valence-electron chi connectivity index (χ0n) is 13.0. The molecule has 5 heteroatoms. The first-order valence-corrected chi connectivity index (χ1v) is 9.45. The number of hydrogen-bond acceptors (Lipinski definition) is 3. The first kappa shape index (κ1) is 16.5. The van der Waals surface area contributed by atoms with E-state index in [0.717, 1.165) is 37.9 Å². The number of benzene rings is 1. The molecule has 0 aliphatic carbocycles. The van der Waals surface area contributed by atoms with Gasteiger partial charge in [-0.2, -0.15) is 4.31 Å². The lowest BCUT2D eigenvalue weighted by molar-refractivity contribution is 0.379. The Labute approximate surface area is 128 Å². The maximum Gasteiger partial charge on any atom is 0.218 e. The van der Waals surface area contributed by atoms with Gasteiger partial charge in [-0.15, -0.1) is 0 Å². The zero-order valence-corrected chi connectivity index (χ0v) is 13.8. The van der Waals surface area contributed by atoms with Crippen LogP contribution in [0.2, 0.25) is 0 Å². The summed E-state index contributed by atoms with van der Waals surface area (Å²) in [5.74, 6) is 0.116. The second-order valence-corrected chi connectivity index (χ2v) is 7.59. The van der Waals surface area contributed by atoms with Gasteiger partial charge < -0.3 is 5.32 Å². The van der Waals surface area contributed by atoms with Crippen molar-refractivity contribution in [3.05, 3.63) is 35.4 Å². The SMILES string of the molecule is CCNCc1ccc(CS(=O)(=O)N2CCCC2CC)cc1. The summed E-state index contributed by atoms with van der Waals surface area (Å²) in [5, 5.41) is 3.26. The topological polar surface area (TPSA) is 49.4 Å². The fourth-order valence-electron chi connectivity index (χ4n) is 2.90. The van der Waals surface area contributed by atoms with Crippen molar-refractivity contribution in [2.24, 2.45) is 0 Å². The molecule has 1 aliphatic heterocycles. The number of hydrogen-bond donors (Lipinski definition) is 1. The van der Waals surface area contributed by atoms with Crippen molar-refractivity contribution >= 4 is 10.0 Å². The normalized spacial score (nSPS) is 20.0. The summed E-state index contributed by atoms with van der Waals surface area (Å²) in [6.45, 7) is 6.57. The largest absolute Gasteiger partial charge is 0.313 e. The molecule has 1 heterocycles. The molecule has 1 aliphatic rings. The van der Waals surface area contributed by atoms with E-state index in [1.165, 1.54) is 5.56 Å². The molecule has 4 nitrogen and oxygen atoms in total. The predicted molar refractivity (Wildman–Crippen MR) is 86.5 cm³/mol. The van der Waals surface area contributed by atoms with Crippen LogP contribution < -0.4 is 5.32 Å². The highest BCUT2D eigenvalue weighted by molar-refractivity contribution is 7.88. The fraction of sp³-hybridized carbons (Fsp3) is 0.625. The van der Waals surface area contributed by atoms with Crippen LogP contribution in [0.15, 0.2) is 24.3 Å². The highest BCUT2D eigenvalue weighted by atomic mass is 32.2. The van der Waals surface area contributed by atoms with Crippen LogP contribution in [0, 0.1) is 0 Å². The molecule has 2 rings (SSSR count). The molecule has 0 aromatic heterocycles. The Morgan fingerprint density at radius 3 is 2.48 bits per heavy atom. The van der Waals surface area contributed by atoms with Gasteiger partial charge in [0.05, 0.1) is 5.75 Å². The van der Waals surface area contributed by atoms with E-state index in [1.807, 2.05) is 24.3 Å². The van der Waals surface area contributed by atoms with Crippen molar-refractivity contribution in [3.8, 4) is 0 Å². The average Bonchev–Trinajstić information content (AvgIpc) is 2.95. The van der Waals surface area contributed by atoms with Crippen LogP contribution in [0.1, 0.15) is 44.2 Å². The van der Waals surface area contributed by atoms with Crippen LogP contribution in [0.5, 0.6) is 0 Å². The van der Waals surface area contributed by atoms with Gasteiger partial charge in [0.25, 0.3) is 0 Å². The van der Waals surface area contributed by atoms with Gasteiger partial charge in [0, 0.05) is 19.1 Å². The van der Waals surface area contributed by atoms with E-state index in [4.69, 9.17) is 0 Å². The molecular weight excluding hydrogens is 284 g/mol. The molecular formula is C16H26N2O2S. The molecule has 0 saturated carbocycles. The molecule has 0 spiro atoms. The Balaban J connectivity index is 2.03. The highest BCUT2D eigenvalue weighted by Crippen LogP contribution is 2.25. The van der Waals surface area contributed by atoms with Gasteiger partial charge >= 0.3 is 0 Å².